The summed E-state index contributed by atoms with van der Waals surface area (Å²) < 4.78 is 50.5. The van der Waals surface area contributed by atoms with E-state index in [1.165, 1.54) is 47.0 Å². The molecule has 1 fully saturated rings. The minimum absolute atomic E-state index is 0.0367. The lowest BCUT2D eigenvalue weighted by atomic mass is 10.2. The number of halogens is 3. The van der Waals surface area contributed by atoms with Gasteiger partial charge in [-0.3, -0.25) is 9.36 Å². The van der Waals surface area contributed by atoms with Gasteiger partial charge in [-0.15, -0.1) is 0 Å². The molecule has 35 heavy (non-hydrogen) atoms. The molecule has 2 atom stereocenters. The van der Waals surface area contributed by atoms with E-state index in [4.69, 9.17) is 4.74 Å². The molecule has 9 heteroatoms. The number of nitrogens with one attached hydrogen (secondary N) is 1. The van der Waals surface area contributed by atoms with Gasteiger partial charge in [-0.1, -0.05) is 12.1 Å². The fraction of sp³-hybridized carbons (Fsp3) is 0.231. The molecular formula is C26H23F3N4O2. The van der Waals surface area contributed by atoms with E-state index in [1.807, 2.05) is 13.8 Å². The van der Waals surface area contributed by atoms with Crippen molar-refractivity contribution in [2.45, 2.75) is 26.1 Å². The monoisotopic (exact) mass is 480 g/mol. The number of hydrogen-bond acceptors (Lipinski definition) is 5. The van der Waals surface area contributed by atoms with E-state index in [0.717, 1.165) is 6.07 Å². The fourth-order valence-electron chi connectivity index (χ4n) is 4.46. The van der Waals surface area contributed by atoms with Crippen molar-refractivity contribution in [1.29, 1.82) is 0 Å². The summed E-state index contributed by atoms with van der Waals surface area (Å²) >= 11 is 0. The van der Waals surface area contributed by atoms with Gasteiger partial charge in [-0.2, -0.15) is 0 Å². The first-order valence-corrected chi connectivity index (χ1v) is 11.2. The number of nitrogens with zero attached hydrogens (tertiary/aromatic N) is 3. The molecule has 1 aliphatic heterocycles. The molecule has 0 radical (unpaired) electrons. The second kappa shape index (κ2) is 9.07. The highest BCUT2D eigenvalue weighted by atomic mass is 19.1. The Morgan fingerprint density at radius 2 is 1.63 bits per heavy atom. The van der Waals surface area contributed by atoms with Gasteiger partial charge in [0.2, 0.25) is 0 Å². The highest BCUT2D eigenvalue weighted by Gasteiger charge is 2.27. The van der Waals surface area contributed by atoms with Crippen LogP contribution in [0, 0.1) is 17.5 Å². The topological polar surface area (TPSA) is 59.4 Å². The molecule has 1 N–H and O–H groups in total. The molecule has 0 saturated carbocycles. The number of aromatic nitrogens is 2. The summed E-state index contributed by atoms with van der Waals surface area (Å²) in [5.74, 6) is -1.29. The number of pyridine rings is 2. The molecule has 3 heterocycles. The summed E-state index contributed by atoms with van der Waals surface area (Å²) in [5.41, 5.74) is 0.410. The third-order valence-electron chi connectivity index (χ3n) is 5.81. The lowest BCUT2D eigenvalue weighted by Crippen LogP contribution is -2.46. The molecule has 180 valence electrons. The summed E-state index contributed by atoms with van der Waals surface area (Å²) in [5, 5.41) is 3.06. The Morgan fingerprint density at radius 1 is 0.943 bits per heavy atom. The van der Waals surface area contributed by atoms with Crippen molar-refractivity contribution in [2.24, 2.45) is 0 Å². The lowest BCUT2D eigenvalue weighted by Gasteiger charge is -2.36. The molecule has 0 unspecified atom stereocenters. The summed E-state index contributed by atoms with van der Waals surface area (Å²) in [7, 11) is 0. The molecule has 2 aromatic heterocycles. The smallest absolute Gasteiger partial charge is 0.193 e. The van der Waals surface area contributed by atoms with Crippen LogP contribution in [0.25, 0.3) is 16.7 Å². The highest BCUT2D eigenvalue weighted by molar-refractivity contribution is 5.82. The predicted molar refractivity (Wildman–Crippen MR) is 129 cm³/mol. The molecular weight excluding hydrogens is 457 g/mol. The molecule has 1 aliphatic rings. The van der Waals surface area contributed by atoms with Crippen LogP contribution >= 0.6 is 0 Å². The Bertz CT molecular complexity index is 1460. The number of rotatable bonds is 4. The van der Waals surface area contributed by atoms with Crippen molar-refractivity contribution in [1.82, 2.24) is 9.55 Å². The second-order valence-corrected chi connectivity index (χ2v) is 8.67. The number of morpholine rings is 1. The first kappa shape index (κ1) is 22.9. The van der Waals surface area contributed by atoms with Crippen molar-refractivity contribution >= 4 is 28.4 Å². The third kappa shape index (κ3) is 4.59. The van der Waals surface area contributed by atoms with E-state index in [-0.39, 0.29) is 34.9 Å². The molecule has 1 saturated heterocycles. The van der Waals surface area contributed by atoms with Crippen molar-refractivity contribution in [3.05, 3.63) is 88.3 Å². The van der Waals surface area contributed by atoms with Gasteiger partial charge in [0.05, 0.1) is 23.3 Å². The van der Waals surface area contributed by atoms with Crippen molar-refractivity contribution < 1.29 is 17.9 Å². The number of hydrogen-bond donors (Lipinski definition) is 1. The largest absolute Gasteiger partial charge is 0.372 e. The van der Waals surface area contributed by atoms with Crippen LogP contribution in [0.1, 0.15) is 13.8 Å². The van der Waals surface area contributed by atoms with Crippen molar-refractivity contribution in [3.63, 3.8) is 0 Å². The zero-order valence-electron chi connectivity index (χ0n) is 19.1. The van der Waals surface area contributed by atoms with Crippen LogP contribution in [-0.4, -0.2) is 34.8 Å². The van der Waals surface area contributed by atoms with E-state index in [1.54, 1.807) is 17.0 Å². The Hall–Kier alpha value is -3.85. The van der Waals surface area contributed by atoms with Crippen LogP contribution in [0.15, 0.2) is 65.5 Å². The van der Waals surface area contributed by atoms with Gasteiger partial charge in [-0.25, -0.2) is 18.2 Å². The maximum atomic E-state index is 15.2. The molecule has 5 rings (SSSR count). The summed E-state index contributed by atoms with van der Waals surface area (Å²) in [6, 6.07) is 13.9. The van der Waals surface area contributed by atoms with Gasteiger partial charge >= 0.3 is 0 Å². The molecule has 0 spiro atoms. The number of anilines is 3. The maximum absolute atomic E-state index is 15.2. The second-order valence-electron chi connectivity index (χ2n) is 8.67. The van der Waals surface area contributed by atoms with Crippen LogP contribution in [0.2, 0.25) is 0 Å². The van der Waals surface area contributed by atoms with Crippen LogP contribution in [0.3, 0.4) is 0 Å². The normalized spacial score (nSPS) is 18.1. The number of benzene rings is 2. The summed E-state index contributed by atoms with van der Waals surface area (Å²) in [6.45, 7) is 4.63. The van der Waals surface area contributed by atoms with Crippen LogP contribution < -0.4 is 15.6 Å². The number of fused-ring (bicyclic) bond motifs is 1. The standard InChI is InChI=1S/C26H23F3N4O2/c1-15-13-32(14-16(2)35-15)26-22(29)11-21-23(34)12-24(30-19-7-3-5-17(27)9-19)33(25(21)31-26)20-8-4-6-18(28)10-20/h3-12,15-16,30H,13-14H2,1-2H3/t15-,16+. The predicted octanol–water partition coefficient (Wildman–Crippen LogP) is 5.16. The van der Waals surface area contributed by atoms with Gasteiger partial charge in [0, 0.05) is 24.8 Å². The van der Waals surface area contributed by atoms with E-state index >= 15 is 4.39 Å². The van der Waals surface area contributed by atoms with E-state index < -0.39 is 22.9 Å². The van der Waals surface area contributed by atoms with Gasteiger partial charge in [0.25, 0.3) is 0 Å². The molecule has 6 nitrogen and oxygen atoms in total. The van der Waals surface area contributed by atoms with Crippen LogP contribution in [0.4, 0.5) is 30.5 Å². The molecule has 2 aromatic carbocycles. The van der Waals surface area contributed by atoms with E-state index in [2.05, 4.69) is 10.3 Å². The van der Waals surface area contributed by atoms with Crippen molar-refractivity contribution in [2.75, 3.05) is 23.3 Å². The average molecular weight is 480 g/mol. The van der Waals surface area contributed by atoms with Gasteiger partial charge in [0.15, 0.2) is 22.7 Å². The highest BCUT2D eigenvalue weighted by Crippen LogP contribution is 2.29. The maximum Gasteiger partial charge on any atom is 0.193 e. The van der Waals surface area contributed by atoms with Crippen LogP contribution in [-0.2, 0) is 4.74 Å². The zero-order valence-corrected chi connectivity index (χ0v) is 19.1. The van der Waals surface area contributed by atoms with Gasteiger partial charge in [-0.05, 0) is 56.3 Å². The summed E-state index contributed by atoms with van der Waals surface area (Å²) in [4.78, 5) is 19.4. The number of ether oxygens (including phenoxy) is 1. The Kier molecular flexibility index (Phi) is 5.94. The molecule has 0 aliphatic carbocycles. The first-order chi connectivity index (χ1) is 16.8. The Morgan fingerprint density at radius 3 is 2.31 bits per heavy atom. The fourth-order valence-corrected chi connectivity index (χ4v) is 4.46. The van der Waals surface area contributed by atoms with Gasteiger partial charge in [0.1, 0.15) is 17.5 Å². The average Bonchev–Trinajstić information content (AvgIpc) is 2.79. The van der Waals surface area contributed by atoms with E-state index in [0.29, 0.717) is 24.5 Å². The SMILES string of the molecule is C[C@@H]1CN(c2nc3c(cc2F)c(=O)cc(Nc2cccc(F)c2)n3-c2cccc(F)c2)C[C@H](C)O1. The Labute approximate surface area is 199 Å². The molecule has 0 bridgehead atoms. The first-order valence-electron chi connectivity index (χ1n) is 11.2. The minimum Gasteiger partial charge on any atom is -0.372 e. The third-order valence-corrected chi connectivity index (χ3v) is 5.81. The van der Waals surface area contributed by atoms with Gasteiger partial charge < -0.3 is 15.0 Å². The lowest BCUT2D eigenvalue weighted by molar-refractivity contribution is -0.00563. The molecule has 0 amide bonds. The molecule has 4 aromatic rings. The van der Waals surface area contributed by atoms with Crippen LogP contribution in [0.5, 0.6) is 0 Å². The quantitative estimate of drug-likeness (QED) is 0.437. The minimum atomic E-state index is -0.632. The van der Waals surface area contributed by atoms with Crippen molar-refractivity contribution in [3.8, 4) is 5.69 Å². The summed E-state index contributed by atoms with van der Waals surface area (Å²) in [6.07, 6.45) is -0.274. The Balaban J connectivity index is 1.76. The van der Waals surface area contributed by atoms with E-state index in [9.17, 15) is 13.6 Å². The zero-order chi connectivity index (χ0) is 24.7.